The lowest BCUT2D eigenvalue weighted by Gasteiger charge is -2.18. The Labute approximate surface area is 121 Å². The minimum Gasteiger partial charge on any atom is -0.351 e. The van der Waals surface area contributed by atoms with E-state index in [1.165, 1.54) is 0 Å². The van der Waals surface area contributed by atoms with Crippen molar-refractivity contribution in [2.24, 2.45) is 0 Å². The first-order valence-electron chi connectivity index (χ1n) is 7.01. The topological polar surface area (TPSA) is 61.4 Å². The second kappa shape index (κ2) is 7.79. The molecule has 6 nitrogen and oxygen atoms in total. The SMILES string of the molecule is CCN(CC)CCNC(=O)c1cnc(N(C)C)nc1C. The van der Waals surface area contributed by atoms with Gasteiger partial charge >= 0.3 is 0 Å². The van der Waals surface area contributed by atoms with Crippen molar-refractivity contribution in [2.45, 2.75) is 20.8 Å². The highest BCUT2D eigenvalue weighted by Crippen LogP contribution is 2.08. The quantitative estimate of drug-likeness (QED) is 0.804. The van der Waals surface area contributed by atoms with E-state index >= 15 is 0 Å². The Bertz CT molecular complexity index is 443. The number of rotatable bonds is 7. The van der Waals surface area contributed by atoms with Gasteiger partial charge in [0.1, 0.15) is 0 Å². The molecule has 112 valence electrons. The lowest BCUT2D eigenvalue weighted by Crippen LogP contribution is -2.35. The highest BCUT2D eigenvalue weighted by Gasteiger charge is 2.12. The number of nitrogens with one attached hydrogen (secondary N) is 1. The van der Waals surface area contributed by atoms with Crippen LogP contribution in [0.3, 0.4) is 0 Å². The van der Waals surface area contributed by atoms with Gasteiger partial charge in [-0.05, 0) is 20.0 Å². The number of carbonyl (C=O) groups is 1. The molecule has 0 fully saturated rings. The molecule has 1 rings (SSSR count). The molecular formula is C14H25N5O. The monoisotopic (exact) mass is 279 g/mol. The molecule has 0 bridgehead atoms. The fourth-order valence-corrected chi connectivity index (χ4v) is 1.86. The van der Waals surface area contributed by atoms with Crippen LogP contribution >= 0.6 is 0 Å². The molecule has 0 radical (unpaired) electrons. The van der Waals surface area contributed by atoms with Gasteiger partial charge in [0.05, 0.1) is 11.3 Å². The molecule has 0 aliphatic rings. The maximum Gasteiger partial charge on any atom is 0.254 e. The third-order valence-electron chi connectivity index (χ3n) is 3.22. The van der Waals surface area contributed by atoms with Crippen LogP contribution in [0.25, 0.3) is 0 Å². The zero-order valence-electron chi connectivity index (χ0n) is 13.1. The van der Waals surface area contributed by atoms with E-state index in [0.29, 0.717) is 23.8 Å². The Morgan fingerprint density at radius 2 is 1.95 bits per heavy atom. The zero-order valence-corrected chi connectivity index (χ0v) is 13.1. The van der Waals surface area contributed by atoms with Crippen molar-refractivity contribution in [2.75, 3.05) is 45.2 Å². The standard InChI is InChI=1S/C14H25N5O/c1-6-19(7-2)9-8-15-13(20)12-10-16-14(18(4)5)17-11(12)3/h10H,6-9H2,1-5H3,(H,15,20). The van der Waals surface area contributed by atoms with E-state index in [1.807, 2.05) is 25.9 Å². The van der Waals surface area contributed by atoms with Gasteiger partial charge in [0.15, 0.2) is 0 Å². The van der Waals surface area contributed by atoms with Gasteiger partial charge in [-0.3, -0.25) is 4.79 Å². The Hall–Kier alpha value is -1.69. The molecule has 0 aliphatic heterocycles. The number of amides is 1. The first kappa shape index (κ1) is 16.4. The molecule has 1 N–H and O–H groups in total. The van der Waals surface area contributed by atoms with Crippen molar-refractivity contribution in [3.63, 3.8) is 0 Å². The molecule has 1 aromatic heterocycles. The maximum atomic E-state index is 12.1. The summed E-state index contributed by atoms with van der Waals surface area (Å²) in [7, 11) is 3.75. The number of likely N-dealkylation sites (N-methyl/N-ethyl adjacent to an activating group) is 1. The van der Waals surface area contributed by atoms with Crippen LogP contribution in [0.15, 0.2) is 6.20 Å². The van der Waals surface area contributed by atoms with E-state index in [2.05, 4.69) is 34.0 Å². The number of hydrogen-bond donors (Lipinski definition) is 1. The van der Waals surface area contributed by atoms with Crippen molar-refractivity contribution < 1.29 is 4.79 Å². The largest absolute Gasteiger partial charge is 0.351 e. The fourth-order valence-electron chi connectivity index (χ4n) is 1.86. The van der Waals surface area contributed by atoms with E-state index in [-0.39, 0.29) is 5.91 Å². The lowest BCUT2D eigenvalue weighted by atomic mass is 10.2. The predicted molar refractivity (Wildman–Crippen MR) is 81.2 cm³/mol. The molecule has 6 heteroatoms. The van der Waals surface area contributed by atoms with Gasteiger partial charge in [-0.15, -0.1) is 0 Å². The maximum absolute atomic E-state index is 12.1. The van der Waals surface area contributed by atoms with Crippen LogP contribution in [0.2, 0.25) is 0 Å². The van der Waals surface area contributed by atoms with E-state index < -0.39 is 0 Å². The average Bonchev–Trinajstić information content (AvgIpc) is 2.43. The van der Waals surface area contributed by atoms with Crippen LogP contribution in [0.5, 0.6) is 0 Å². The van der Waals surface area contributed by atoms with E-state index in [0.717, 1.165) is 19.6 Å². The molecule has 0 atom stereocenters. The third-order valence-corrected chi connectivity index (χ3v) is 3.22. The predicted octanol–water partition coefficient (Wildman–Crippen LogP) is 0.923. The van der Waals surface area contributed by atoms with Gasteiger partial charge in [-0.25, -0.2) is 9.97 Å². The van der Waals surface area contributed by atoms with Crippen LogP contribution in [-0.4, -0.2) is 61.0 Å². The molecule has 1 amide bonds. The third kappa shape index (κ3) is 4.45. The molecule has 0 saturated carbocycles. The van der Waals surface area contributed by atoms with Gasteiger partial charge in [-0.1, -0.05) is 13.8 Å². The first-order chi connectivity index (χ1) is 9.49. The van der Waals surface area contributed by atoms with Crippen LogP contribution < -0.4 is 10.2 Å². The summed E-state index contributed by atoms with van der Waals surface area (Å²) in [6.45, 7) is 9.53. The summed E-state index contributed by atoms with van der Waals surface area (Å²) in [6, 6.07) is 0. The molecule has 0 spiro atoms. The van der Waals surface area contributed by atoms with Gasteiger partial charge in [-0.2, -0.15) is 0 Å². The minimum absolute atomic E-state index is 0.111. The van der Waals surface area contributed by atoms with Crippen LogP contribution in [0.1, 0.15) is 29.9 Å². The summed E-state index contributed by atoms with van der Waals surface area (Å²) in [5.74, 6) is 0.502. The molecule has 0 aromatic carbocycles. The first-order valence-corrected chi connectivity index (χ1v) is 7.01. The van der Waals surface area contributed by atoms with Gasteiger partial charge < -0.3 is 15.1 Å². The zero-order chi connectivity index (χ0) is 15.1. The Morgan fingerprint density at radius 1 is 1.30 bits per heavy atom. The summed E-state index contributed by atoms with van der Waals surface area (Å²) in [4.78, 5) is 24.7. The molecule has 0 aliphatic carbocycles. The van der Waals surface area contributed by atoms with Gasteiger partial charge in [0, 0.05) is 33.4 Å². The van der Waals surface area contributed by atoms with E-state index in [1.54, 1.807) is 6.20 Å². The lowest BCUT2D eigenvalue weighted by molar-refractivity contribution is 0.0947. The van der Waals surface area contributed by atoms with Crippen molar-refractivity contribution in [3.05, 3.63) is 17.5 Å². The summed E-state index contributed by atoms with van der Waals surface area (Å²) < 4.78 is 0. The van der Waals surface area contributed by atoms with Crippen molar-refractivity contribution in [1.82, 2.24) is 20.2 Å². The highest BCUT2D eigenvalue weighted by atomic mass is 16.1. The summed E-state index contributed by atoms with van der Waals surface area (Å²) >= 11 is 0. The molecule has 1 heterocycles. The van der Waals surface area contributed by atoms with Crippen molar-refractivity contribution >= 4 is 11.9 Å². The Morgan fingerprint density at radius 3 is 2.45 bits per heavy atom. The molecular weight excluding hydrogens is 254 g/mol. The van der Waals surface area contributed by atoms with Crippen molar-refractivity contribution in [3.8, 4) is 0 Å². The second-order valence-corrected chi connectivity index (χ2v) is 4.85. The number of nitrogens with zero attached hydrogens (tertiary/aromatic N) is 4. The van der Waals surface area contributed by atoms with Crippen LogP contribution in [-0.2, 0) is 0 Å². The van der Waals surface area contributed by atoms with Gasteiger partial charge in [0.2, 0.25) is 5.95 Å². The Balaban J connectivity index is 2.60. The minimum atomic E-state index is -0.111. The normalized spacial score (nSPS) is 10.7. The number of carbonyl (C=O) groups excluding carboxylic acids is 1. The highest BCUT2D eigenvalue weighted by molar-refractivity contribution is 5.94. The van der Waals surface area contributed by atoms with Crippen molar-refractivity contribution in [1.29, 1.82) is 0 Å². The fraction of sp³-hybridized carbons (Fsp3) is 0.643. The van der Waals surface area contributed by atoms with E-state index in [9.17, 15) is 4.79 Å². The molecule has 20 heavy (non-hydrogen) atoms. The second-order valence-electron chi connectivity index (χ2n) is 4.85. The van der Waals surface area contributed by atoms with Gasteiger partial charge in [0.25, 0.3) is 5.91 Å². The Kier molecular flexibility index (Phi) is 6.38. The smallest absolute Gasteiger partial charge is 0.254 e. The van der Waals surface area contributed by atoms with E-state index in [4.69, 9.17) is 0 Å². The summed E-state index contributed by atoms with van der Waals surface area (Å²) in [5, 5.41) is 2.91. The average molecular weight is 279 g/mol. The number of anilines is 1. The summed E-state index contributed by atoms with van der Waals surface area (Å²) in [5.41, 5.74) is 1.24. The number of aryl methyl sites for hydroxylation is 1. The van der Waals surface area contributed by atoms with Crippen LogP contribution in [0.4, 0.5) is 5.95 Å². The molecule has 0 saturated heterocycles. The summed E-state index contributed by atoms with van der Waals surface area (Å²) in [6.07, 6.45) is 1.59. The number of aromatic nitrogens is 2. The van der Waals surface area contributed by atoms with Crippen LogP contribution in [0, 0.1) is 6.92 Å². The molecule has 1 aromatic rings. The number of hydrogen-bond acceptors (Lipinski definition) is 5. The molecule has 0 unspecified atom stereocenters.